The van der Waals surface area contributed by atoms with Crippen LogP contribution in [0.3, 0.4) is 0 Å². The number of aromatic nitrogens is 1. The van der Waals surface area contributed by atoms with E-state index in [9.17, 15) is 4.39 Å². The average Bonchev–Trinajstić information content (AvgIpc) is 2.94. The Hall–Kier alpha value is -1.50. The Morgan fingerprint density at radius 2 is 2.05 bits per heavy atom. The Balaban J connectivity index is 1.69. The van der Waals surface area contributed by atoms with Gasteiger partial charge in [-0.15, -0.1) is 11.3 Å². The average molecular weight is 310 g/mol. The molecule has 1 N–H and O–H groups in total. The maximum Gasteiger partial charge on any atom is 0.123 e. The molecule has 0 aliphatic rings. The largest absolute Gasteiger partial charge is 0.493 e. The fourth-order valence-corrected chi connectivity index (χ4v) is 2.50. The zero-order valence-corrected chi connectivity index (χ0v) is 12.8. The molecule has 0 aliphatic heterocycles. The van der Waals surface area contributed by atoms with E-state index in [1.165, 1.54) is 12.1 Å². The zero-order chi connectivity index (χ0) is 14.9. The number of methoxy groups -OCH3 is 1. The number of hydrogen-bond donors (Lipinski definition) is 1. The van der Waals surface area contributed by atoms with Crippen molar-refractivity contribution in [3.63, 3.8) is 0 Å². The first-order valence-corrected chi connectivity index (χ1v) is 7.67. The Kier molecular flexibility index (Phi) is 6.59. The van der Waals surface area contributed by atoms with Gasteiger partial charge < -0.3 is 14.8 Å². The molecule has 0 unspecified atom stereocenters. The monoisotopic (exact) mass is 310 g/mol. The molecule has 4 nitrogen and oxygen atoms in total. The van der Waals surface area contributed by atoms with Gasteiger partial charge in [0.05, 0.1) is 23.9 Å². The van der Waals surface area contributed by atoms with Gasteiger partial charge in [-0.3, -0.25) is 0 Å². The quantitative estimate of drug-likeness (QED) is 0.723. The fourth-order valence-electron chi connectivity index (χ4n) is 1.72. The molecule has 0 bridgehead atoms. The predicted molar refractivity (Wildman–Crippen MR) is 81.3 cm³/mol. The first-order chi connectivity index (χ1) is 10.3. The van der Waals surface area contributed by atoms with Gasteiger partial charge in [0.1, 0.15) is 11.6 Å². The Morgan fingerprint density at radius 3 is 2.81 bits per heavy atom. The molecule has 0 saturated carbocycles. The minimum Gasteiger partial charge on any atom is -0.493 e. The first-order valence-electron chi connectivity index (χ1n) is 6.79. The lowest BCUT2D eigenvalue weighted by Crippen LogP contribution is -2.18. The maximum atomic E-state index is 12.7. The van der Waals surface area contributed by atoms with E-state index in [0.29, 0.717) is 19.0 Å². The van der Waals surface area contributed by atoms with Gasteiger partial charge in [-0.25, -0.2) is 9.37 Å². The number of ether oxygens (including phenoxy) is 2. The Labute approximate surface area is 127 Å². The predicted octanol–water partition coefficient (Wildman–Crippen LogP) is 2.64. The van der Waals surface area contributed by atoms with Crippen LogP contribution in [0.4, 0.5) is 4.39 Å². The summed E-state index contributed by atoms with van der Waals surface area (Å²) in [6, 6.07) is 6.04. The number of thiazole rings is 1. The molecular weight excluding hydrogens is 291 g/mol. The van der Waals surface area contributed by atoms with Crippen LogP contribution >= 0.6 is 11.3 Å². The highest BCUT2D eigenvalue weighted by Crippen LogP contribution is 2.13. The van der Waals surface area contributed by atoms with Crippen LogP contribution in [0.5, 0.6) is 5.75 Å². The summed E-state index contributed by atoms with van der Waals surface area (Å²) in [4.78, 5) is 4.53. The van der Waals surface area contributed by atoms with Gasteiger partial charge >= 0.3 is 0 Å². The molecule has 0 saturated heterocycles. The molecule has 1 heterocycles. The molecule has 0 amide bonds. The number of hydrogen-bond acceptors (Lipinski definition) is 5. The lowest BCUT2D eigenvalue weighted by Gasteiger charge is -2.04. The van der Waals surface area contributed by atoms with E-state index < -0.39 is 0 Å². The lowest BCUT2D eigenvalue weighted by atomic mass is 10.3. The van der Waals surface area contributed by atoms with Crippen molar-refractivity contribution in [2.45, 2.75) is 13.0 Å². The van der Waals surface area contributed by atoms with Crippen molar-refractivity contribution < 1.29 is 13.9 Å². The van der Waals surface area contributed by atoms with Crippen LogP contribution in [-0.2, 0) is 17.7 Å². The van der Waals surface area contributed by atoms with E-state index in [1.807, 2.05) is 5.38 Å². The van der Waals surface area contributed by atoms with Gasteiger partial charge in [-0.1, -0.05) is 0 Å². The summed E-state index contributed by atoms with van der Waals surface area (Å²) >= 11 is 1.63. The molecule has 6 heteroatoms. The molecule has 2 aromatic rings. The lowest BCUT2D eigenvalue weighted by molar-refractivity contribution is 0.199. The standard InChI is InChI=1S/C15H19FN2O2S/c1-19-9-7-17-10-13-11-21-15(18-13)6-8-20-14-4-2-12(16)3-5-14/h2-5,11,17H,6-10H2,1H3. The molecule has 0 spiro atoms. The van der Waals surface area contributed by atoms with Gasteiger partial charge in [-0.2, -0.15) is 0 Å². The SMILES string of the molecule is COCCNCc1csc(CCOc2ccc(F)cc2)n1. The van der Waals surface area contributed by atoms with Crippen LogP contribution in [0.25, 0.3) is 0 Å². The molecular formula is C15H19FN2O2S. The molecule has 0 atom stereocenters. The molecule has 114 valence electrons. The van der Waals surface area contributed by atoms with Crippen molar-refractivity contribution in [1.29, 1.82) is 0 Å². The van der Waals surface area contributed by atoms with E-state index in [0.717, 1.165) is 30.2 Å². The first kappa shape index (κ1) is 15.9. The second-order valence-corrected chi connectivity index (χ2v) is 5.40. The smallest absolute Gasteiger partial charge is 0.123 e. The highest BCUT2D eigenvalue weighted by atomic mass is 32.1. The van der Waals surface area contributed by atoms with E-state index in [4.69, 9.17) is 9.47 Å². The summed E-state index contributed by atoms with van der Waals surface area (Å²) in [5.74, 6) is 0.419. The van der Waals surface area contributed by atoms with E-state index in [2.05, 4.69) is 10.3 Å². The maximum absolute atomic E-state index is 12.7. The molecule has 0 radical (unpaired) electrons. The third-order valence-electron chi connectivity index (χ3n) is 2.79. The van der Waals surface area contributed by atoms with Gasteiger partial charge in [0.15, 0.2) is 0 Å². The Morgan fingerprint density at radius 1 is 1.24 bits per heavy atom. The number of rotatable bonds is 9. The summed E-state index contributed by atoms with van der Waals surface area (Å²) in [7, 11) is 1.68. The van der Waals surface area contributed by atoms with Crippen molar-refractivity contribution >= 4 is 11.3 Å². The molecule has 2 rings (SSSR count). The van der Waals surface area contributed by atoms with Crippen molar-refractivity contribution in [3.05, 3.63) is 46.2 Å². The van der Waals surface area contributed by atoms with E-state index >= 15 is 0 Å². The third kappa shape index (κ3) is 5.79. The fraction of sp³-hybridized carbons (Fsp3) is 0.400. The topological polar surface area (TPSA) is 43.4 Å². The van der Waals surface area contributed by atoms with E-state index in [-0.39, 0.29) is 5.82 Å². The Bertz CT molecular complexity index is 531. The van der Waals surface area contributed by atoms with Crippen molar-refractivity contribution in [2.24, 2.45) is 0 Å². The summed E-state index contributed by atoms with van der Waals surface area (Å²) in [5.41, 5.74) is 1.04. The van der Waals surface area contributed by atoms with Gasteiger partial charge in [0, 0.05) is 32.0 Å². The molecule has 21 heavy (non-hydrogen) atoms. The summed E-state index contributed by atoms with van der Waals surface area (Å²) in [6.45, 7) is 2.80. The normalized spacial score (nSPS) is 10.8. The van der Waals surface area contributed by atoms with Crippen LogP contribution in [0.15, 0.2) is 29.6 Å². The second kappa shape index (κ2) is 8.71. The number of benzene rings is 1. The summed E-state index contributed by atoms with van der Waals surface area (Å²) < 4.78 is 23.3. The number of nitrogens with one attached hydrogen (secondary N) is 1. The number of nitrogens with zero attached hydrogens (tertiary/aromatic N) is 1. The number of halogens is 1. The molecule has 1 aromatic heterocycles. The van der Waals surface area contributed by atoms with Gasteiger partial charge in [-0.05, 0) is 24.3 Å². The van der Waals surface area contributed by atoms with Gasteiger partial charge in [0.2, 0.25) is 0 Å². The highest BCUT2D eigenvalue weighted by Gasteiger charge is 2.03. The molecule has 0 fully saturated rings. The second-order valence-electron chi connectivity index (χ2n) is 4.45. The minimum atomic E-state index is -0.257. The van der Waals surface area contributed by atoms with Crippen molar-refractivity contribution in [1.82, 2.24) is 10.3 Å². The third-order valence-corrected chi connectivity index (χ3v) is 3.74. The van der Waals surface area contributed by atoms with Crippen molar-refractivity contribution in [2.75, 3.05) is 26.9 Å². The summed E-state index contributed by atoms with van der Waals surface area (Å²) in [5, 5.41) is 6.35. The minimum absolute atomic E-state index is 0.257. The van der Waals surface area contributed by atoms with Crippen molar-refractivity contribution in [3.8, 4) is 5.75 Å². The van der Waals surface area contributed by atoms with Crippen LogP contribution in [0.1, 0.15) is 10.7 Å². The summed E-state index contributed by atoms with van der Waals surface area (Å²) in [6.07, 6.45) is 0.750. The van der Waals surface area contributed by atoms with Gasteiger partial charge in [0.25, 0.3) is 0 Å². The van der Waals surface area contributed by atoms with Crippen LogP contribution in [0.2, 0.25) is 0 Å². The van der Waals surface area contributed by atoms with E-state index in [1.54, 1.807) is 30.6 Å². The van der Waals surface area contributed by atoms with Crippen LogP contribution < -0.4 is 10.1 Å². The van der Waals surface area contributed by atoms with Crippen LogP contribution in [-0.4, -0.2) is 31.9 Å². The van der Waals surface area contributed by atoms with Crippen LogP contribution in [0, 0.1) is 5.82 Å². The zero-order valence-electron chi connectivity index (χ0n) is 12.0. The highest BCUT2D eigenvalue weighted by molar-refractivity contribution is 7.09. The molecule has 1 aromatic carbocycles. The molecule has 0 aliphatic carbocycles.